The second-order valence-corrected chi connectivity index (χ2v) is 5.96. The van der Waals surface area contributed by atoms with Crippen LogP contribution in [0.1, 0.15) is 57.1 Å². The van der Waals surface area contributed by atoms with Gasteiger partial charge in [-0.15, -0.1) is 0 Å². The molecular formula is C18H28O2. The molecule has 0 radical (unpaired) electrons. The van der Waals surface area contributed by atoms with Crippen molar-refractivity contribution in [3.8, 4) is 5.75 Å². The molecule has 0 saturated heterocycles. The highest BCUT2D eigenvalue weighted by Gasteiger charge is 2.17. The van der Waals surface area contributed by atoms with Gasteiger partial charge >= 0.3 is 0 Å². The lowest BCUT2D eigenvalue weighted by atomic mass is 9.89. The molecule has 0 aliphatic carbocycles. The van der Waals surface area contributed by atoms with Gasteiger partial charge in [-0.25, -0.2) is 0 Å². The maximum atomic E-state index is 10.4. The topological polar surface area (TPSA) is 29.5 Å². The van der Waals surface area contributed by atoms with Crippen molar-refractivity contribution in [2.75, 3.05) is 6.61 Å². The van der Waals surface area contributed by atoms with Gasteiger partial charge in [0.05, 0.1) is 12.7 Å². The average Bonchev–Trinajstić information content (AvgIpc) is 2.93. The Morgan fingerprint density at radius 2 is 2.10 bits per heavy atom. The van der Waals surface area contributed by atoms with Crippen molar-refractivity contribution in [3.05, 3.63) is 29.3 Å². The SMILES string of the molecule is CCCCC(CC)C(O)CCc1ccc2c(c1)CCO2. The van der Waals surface area contributed by atoms with Crippen LogP contribution in [0.15, 0.2) is 18.2 Å². The van der Waals surface area contributed by atoms with Crippen molar-refractivity contribution >= 4 is 0 Å². The molecule has 1 aliphatic heterocycles. The first-order valence-corrected chi connectivity index (χ1v) is 8.17. The maximum Gasteiger partial charge on any atom is 0.122 e. The van der Waals surface area contributed by atoms with Gasteiger partial charge in [-0.05, 0) is 42.4 Å². The van der Waals surface area contributed by atoms with Crippen LogP contribution >= 0.6 is 0 Å². The van der Waals surface area contributed by atoms with Gasteiger partial charge in [0.1, 0.15) is 5.75 Å². The number of fused-ring (bicyclic) bond motifs is 1. The summed E-state index contributed by atoms with van der Waals surface area (Å²) in [6, 6.07) is 6.48. The lowest BCUT2D eigenvalue weighted by Crippen LogP contribution is -2.20. The number of aliphatic hydroxyl groups excluding tert-OH is 1. The zero-order chi connectivity index (χ0) is 14.4. The molecule has 2 atom stereocenters. The van der Waals surface area contributed by atoms with Gasteiger partial charge in [-0.1, -0.05) is 45.2 Å². The molecule has 1 N–H and O–H groups in total. The predicted molar refractivity (Wildman–Crippen MR) is 83.3 cm³/mol. The van der Waals surface area contributed by atoms with Crippen LogP contribution < -0.4 is 4.74 Å². The third-order valence-corrected chi connectivity index (χ3v) is 4.48. The van der Waals surface area contributed by atoms with E-state index < -0.39 is 0 Å². The third kappa shape index (κ3) is 3.99. The van der Waals surface area contributed by atoms with Crippen LogP contribution in [-0.4, -0.2) is 17.8 Å². The van der Waals surface area contributed by atoms with E-state index >= 15 is 0 Å². The summed E-state index contributed by atoms with van der Waals surface area (Å²) >= 11 is 0. The van der Waals surface area contributed by atoms with E-state index in [1.807, 2.05) is 0 Å². The summed E-state index contributed by atoms with van der Waals surface area (Å²) in [7, 11) is 0. The monoisotopic (exact) mass is 276 g/mol. The Bertz CT molecular complexity index is 414. The summed E-state index contributed by atoms with van der Waals surface area (Å²) in [4.78, 5) is 0. The van der Waals surface area contributed by atoms with Crippen LogP contribution in [0.3, 0.4) is 0 Å². The van der Waals surface area contributed by atoms with Gasteiger partial charge in [0, 0.05) is 6.42 Å². The number of ether oxygens (including phenoxy) is 1. The molecule has 2 nitrogen and oxygen atoms in total. The number of unbranched alkanes of at least 4 members (excludes halogenated alkanes) is 1. The van der Waals surface area contributed by atoms with Crippen LogP contribution in [-0.2, 0) is 12.8 Å². The maximum absolute atomic E-state index is 10.4. The van der Waals surface area contributed by atoms with Crippen molar-refractivity contribution in [2.24, 2.45) is 5.92 Å². The Hall–Kier alpha value is -1.02. The second kappa shape index (κ2) is 7.68. The lowest BCUT2D eigenvalue weighted by Gasteiger charge is -2.21. The average molecular weight is 276 g/mol. The highest BCUT2D eigenvalue weighted by molar-refractivity contribution is 5.39. The minimum absolute atomic E-state index is 0.156. The largest absolute Gasteiger partial charge is 0.493 e. The summed E-state index contributed by atoms with van der Waals surface area (Å²) in [5, 5.41) is 10.4. The molecule has 2 rings (SSSR count). The molecular weight excluding hydrogens is 248 g/mol. The number of aliphatic hydroxyl groups is 1. The first-order valence-electron chi connectivity index (χ1n) is 8.17. The molecule has 0 spiro atoms. The molecule has 1 aromatic carbocycles. The highest BCUT2D eigenvalue weighted by Crippen LogP contribution is 2.27. The summed E-state index contributed by atoms with van der Waals surface area (Å²) in [5.74, 6) is 1.51. The smallest absolute Gasteiger partial charge is 0.122 e. The van der Waals surface area contributed by atoms with E-state index in [0.29, 0.717) is 5.92 Å². The van der Waals surface area contributed by atoms with Gasteiger partial charge in [0.15, 0.2) is 0 Å². The standard InChI is InChI=1S/C18H28O2/c1-3-5-6-15(4-2)17(19)9-7-14-8-10-18-16(13-14)11-12-20-18/h8,10,13,15,17,19H,3-7,9,11-12H2,1-2H3. The Balaban J connectivity index is 1.84. The minimum atomic E-state index is -0.156. The molecule has 112 valence electrons. The molecule has 0 saturated carbocycles. The fourth-order valence-electron chi connectivity index (χ4n) is 3.08. The van der Waals surface area contributed by atoms with Gasteiger partial charge in [0.2, 0.25) is 0 Å². The van der Waals surface area contributed by atoms with E-state index in [1.165, 1.54) is 24.0 Å². The zero-order valence-corrected chi connectivity index (χ0v) is 12.9. The molecule has 0 fully saturated rings. The Morgan fingerprint density at radius 1 is 1.25 bits per heavy atom. The van der Waals surface area contributed by atoms with Crippen LogP contribution in [0.25, 0.3) is 0 Å². The van der Waals surface area contributed by atoms with Gasteiger partial charge in [0.25, 0.3) is 0 Å². The van der Waals surface area contributed by atoms with Crippen molar-refractivity contribution < 1.29 is 9.84 Å². The predicted octanol–water partition coefficient (Wildman–Crippen LogP) is 4.13. The quantitative estimate of drug-likeness (QED) is 0.773. The molecule has 0 bridgehead atoms. The number of hydrogen-bond acceptors (Lipinski definition) is 2. The van der Waals surface area contributed by atoms with E-state index in [1.54, 1.807) is 0 Å². The molecule has 20 heavy (non-hydrogen) atoms. The normalized spacial score (nSPS) is 16.6. The summed E-state index contributed by atoms with van der Waals surface area (Å²) < 4.78 is 5.53. The fourth-order valence-corrected chi connectivity index (χ4v) is 3.08. The highest BCUT2D eigenvalue weighted by atomic mass is 16.5. The summed E-state index contributed by atoms with van der Waals surface area (Å²) in [6.45, 7) is 5.22. The van der Waals surface area contributed by atoms with E-state index in [0.717, 1.165) is 44.5 Å². The van der Waals surface area contributed by atoms with Crippen LogP contribution in [0.4, 0.5) is 0 Å². The zero-order valence-electron chi connectivity index (χ0n) is 12.9. The lowest BCUT2D eigenvalue weighted by molar-refractivity contribution is 0.0905. The van der Waals surface area contributed by atoms with Gasteiger partial charge in [-0.3, -0.25) is 0 Å². The van der Waals surface area contributed by atoms with Gasteiger partial charge < -0.3 is 9.84 Å². The van der Waals surface area contributed by atoms with Gasteiger partial charge in [-0.2, -0.15) is 0 Å². The fraction of sp³-hybridized carbons (Fsp3) is 0.667. The summed E-state index contributed by atoms with van der Waals surface area (Å²) in [6.07, 6.45) is 7.40. The first-order chi connectivity index (χ1) is 9.74. The van der Waals surface area contributed by atoms with E-state index in [9.17, 15) is 5.11 Å². The molecule has 2 heteroatoms. The van der Waals surface area contributed by atoms with Crippen molar-refractivity contribution in [3.63, 3.8) is 0 Å². The first kappa shape index (κ1) is 15.4. The van der Waals surface area contributed by atoms with E-state index in [4.69, 9.17) is 4.74 Å². The molecule has 1 aromatic rings. The Kier molecular flexibility index (Phi) is 5.90. The van der Waals surface area contributed by atoms with Crippen LogP contribution in [0.2, 0.25) is 0 Å². The van der Waals surface area contributed by atoms with Crippen molar-refractivity contribution in [2.45, 2.75) is 64.9 Å². The van der Waals surface area contributed by atoms with E-state index in [2.05, 4.69) is 32.0 Å². The number of rotatable bonds is 8. The molecule has 1 aliphatic rings. The van der Waals surface area contributed by atoms with Crippen molar-refractivity contribution in [1.82, 2.24) is 0 Å². The number of hydrogen-bond donors (Lipinski definition) is 1. The van der Waals surface area contributed by atoms with Crippen LogP contribution in [0, 0.1) is 5.92 Å². The summed E-state index contributed by atoms with van der Waals surface area (Å²) in [5.41, 5.74) is 2.66. The Morgan fingerprint density at radius 3 is 2.85 bits per heavy atom. The second-order valence-electron chi connectivity index (χ2n) is 5.96. The minimum Gasteiger partial charge on any atom is -0.493 e. The number of benzene rings is 1. The van der Waals surface area contributed by atoms with Crippen molar-refractivity contribution in [1.29, 1.82) is 0 Å². The molecule has 1 heterocycles. The third-order valence-electron chi connectivity index (χ3n) is 4.48. The van der Waals surface area contributed by atoms with E-state index in [-0.39, 0.29) is 6.10 Å². The molecule has 0 amide bonds. The molecule has 2 unspecified atom stereocenters. The Labute approximate surface area is 123 Å². The molecule has 0 aromatic heterocycles. The van der Waals surface area contributed by atoms with Crippen LogP contribution in [0.5, 0.6) is 5.75 Å². The number of aryl methyl sites for hydroxylation is 1.